The Bertz CT molecular complexity index is 469. The lowest BCUT2D eigenvalue weighted by Gasteiger charge is -2.10. The van der Waals surface area contributed by atoms with Crippen molar-refractivity contribution in [3.05, 3.63) is 34.2 Å². The monoisotopic (exact) mass is 251 g/mol. The number of benzene rings is 1. The van der Waals surface area contributed by atoms with Crippen LogP contribution in [0.25, 0.3) is 10.4 Å². The van der Waals surface area contributed by atoms with Gasteiger partial charge in [-0.3, -0.25) is 0 Å². The minimum Gasteiger partial charge on any atom is -0.493 e. The van der Waals surface area contributed by atoms with E-state index in [1.807, 2.05) is 0 Å². The Morgan fingerprint density at radius 2 is 2.28 bits per heavy atom. The van der Waals surface area contributed by atoms with Gasteiger partial charge >= 0.3 is 5.97 Å². The Kier molecular flexibility index (Phi) is 5.34. The van der Waals surface area contributed by atoms with Gasteiger partial charge in [-0.1, -0.05) is 5.11 Å². The molecule has 7 nitrogen and oxygen atoms in total. The highest BCUT2D eigenvalue weighted by atomic mass is 16.5. The van der Waals surface area contributed by atoms with Gasteiger partial charge in [0.15, 0.2) is 11.5 Å². The zero-order valence-corrected chi connectivity index (χ0v) is 9.87. The molecule has 0 spiro atoms. The van der Waals surface area contributed by atoms with Gasteiger partial charge in [-0.05, 0) is 30.2 Å². The van der Waals surface area contributed by atoms with Crippen molar-refractivity contribution in [3.8, 4) is 11.5 Å². The number of azide groups is 1. The van der Waals surface area contributed by atoms with E-state index < -0.39 is 5.97 Å². The van der Waals surface area contributed by atoms with Gasteiger partial charge in [0.1, 0.15) is 0 Å². The Morgan fingerprint density at radius 1 is 1.50 bits per heavy atom. The second-order valence-electron chi connectivity index (χ2n) is 3.33. The highest BCUT2D eigenvalue weighted by Crippen LogP contribution is 2.28. The first-order valence-electron chi connectivity index (χ1n) is 5.24. The number of hydrogen-bond donors (Lipinski definition) is 1. The first kappa shape index (κ1) is 13.7. The number of rotatable bonds is 7. The van der Waals surface area contributed by atoms with Crippen LogP contribution in [0.3, 0.4) is 0 Å². The molecule has 1 N–H and O–H groups in total. The number of hydrogen-bond acceptors (Lipinski definition) is 4. The molecular weight excluding hydrogens is 238 g/mol. The fourth-order valence-corrected chi connectivity index (χ4v) is 1.28. The van der Waals surface area contributed by atoms with Crippen molar-refractivity contribution >= 4 is 5.97 Å². The maximum atomic E-state index is 10.8. The van der Waals surface area contributed by atoms with Gasteiger partial charge in [0.05, 0.1) is 19.3 Å². The first-order chi connectivity index (χ1) is 8.69. The molecule has 0 amide bonds. The molecule has 0 saturated carbocycles. The van der Waals surface area contributed by atoms with Crippen LogP contribution < -0.4 is 9.47 Å². The fraction of sp³-hybridized carbons (Fsp3) is 0.364. The van der Waals surface area contributed by atoms with Gasteiger partial charge in [-0.15, -0.1) is 0 Å². The van der Waals surface area contributed by atoms with Gasteiger partial charge in [0, 0.05) is 11.5 Å². The average molecular weight is 251 g/mol. The molecule has 1 aromatic carbocycles. The van der Waals surface area contributed by atoms with Crippen LogP contribution in [0.4, 0.5) is 0 Å². The summed E-state index contributed by atoms with van der Waals surface area (Å²) < 4.78 is 10.5. The average Bonchev–Trinajstić information content (AvgIpc) is 2.38. The smallest absolute Gasteiger partial charge is 0.335 e. The number of aromatic carboxylic acids is 1. The summed E-state index contributed by atoms with van der Waals surface area (Å²) in [6.07, 6.45) is 0.546. The zero-order valence-electron chi connectivity index (χ0n) is 9.87. The van der Waals surface area contributed by atoms with E-state index in [1.165, 1.54) is 25.3 Å². The molecule has 0 bridgehead atoms. The largest absolute Gasteiger partial charge is 0.493 e. The minimum absolute atomic E-state index is 0.126. The molecule has 0 saturated heterocycles. The Hall–Kier alpha value is -2.40. The molecule has 0 unspecified atom stereocenters. The predicted molar refractivity (Wildman–Crippen MR) is 64.1 cm³/mol. The molecule has 0 heterocycles. The van der Waals surface area contributed by atoms with Crippen LogP contribution in [0.15, 0.2) is 23.3 Å². The number of carboxylic acids is 1. The molecule has 1 aromatic rings. The SMILES string of the molecule is COc1ccc(C(=O)O)cc1OCCCN=[N+]=[N-]. The lowest BCUT2D eigenvalue weighted by molar-refractivity contribution is 0.0696. The van der Waals surface area contributed by atoms with Crippen LogP contribution in [0.2, 0.25) is 0 Å². The normalized spacial score (nSPS) is 9.39. The van der Waals surface area contributed by atoms with Crippen molar-refractivity contribution in [2.45, 2.75) is 6.42 Å². The van der Waals surface area contributed by atoms with E-state index in [0.717, 1.165) is 0 Å². The van der Waals surface area contributed by atoms with E-state index in [9.17, 15) is 4.79 Å². The molecule has 0 radical (unpaired) electrons. The molecule has 18 heavy (non-hydrogen) atoms. The lowest BCUT2D eigenvalue weighted by atomic mass is 10.2. The van der Waals surface area contributed by atoms with Crippen molar-refractivity contribution in [1.82, 2.24) is 0 Å². The van der Waals surface area contributed by atoms with Gasteiger partial charge in [-0.2, -0.15) is 0 Å². The number of nitrogens with zero attached hydrogens (tertiary/aromatic N) is 3. The van der Waals surface area contributed by atoms with Crippen LogP contribution >= 0.6 is 0 Å². The summed E-state index contributed by atoms with van der Waals surface area (Å²) in [5.41, 5.74) is 8.22. The van der Waals surface area contributed by atoms with Crippen LogP contribution in [0.1, 0.15) is 16.8 Å². The van der Waals surface area contributed by atoms with Gasteiger partial charge in [0.25, 0.3) is 0 Å². The third kappa shape index (κ3) is 3.88. The Labute approximate surface area is 104 Å². The third-order valence-corrected chi connectivity index (χ3v) is 2.13. The summed E-state index contributed by atoms with van der Waals surface area (Å²) in [4.78, 5) is 13.4. The summed E-state index contributed by atoms with van der Waals surface area (Å²) in [6.45, 7) is 0.649. The van der Waals surface area contributed by atoms with E-state index in [1.54, 1.807) is 0 Å². The molecule has 96 valence electrons. The molecule has 0 fully saturated rings. The summed E-state index contributed by atoms with van der Waals surface area (Å²) in [5, 5.41) is 12.2. The first-order valence-corrected chi connectivity index (χ1v) is 5.24. The molecule has 7 heteroatoms. The second-order valence-corrected chi connectivity index (χ2v) is 3.33. The number of carboxylic acid groups (broad SMARTS) is 1. The van der Waals surface area contributed by atoms with Crippen LogP contribution in [-0.4, -0.2) is 31.3 Å². The maximum absolute atomic E-state index is 10.8. The number of ether oxygens (including phenoxy) is 2. The third-order valence-electron chi connectivity index (χ3n) is 2.13. The maximum Gasteiger partial charge on any atom is 0.335 e. The van der Waals surface area contributed by atoms with Gasteiger partial charge in [-0.25, -0.2) is 4.79 Å². The van der Waals surface area contributed by atoms with Crippen LogP contribution in [-0.2, 0) is 0 Å². The lowest BCUT2D eigenvalue weighted by Crippen LogP contribution is -2.03. The molecule has 0 aliphatic rings. The number of carbonyl (C=O) groups is 1. The molecule has 0 aromatic heterocycles. The summed E-state index contributed by atoms with van der Waals surface area (Å²) >= 11 is 0. The van der Waals surface area contributed by atoms with E-state index in [-0.39, 0.29) is 5.56 Å². The molecule has 0 aliphatic heterocycles. The summed E-state index contributed by atoms with van der Waals surface area (Å²) in [5.74, 6) is -0.210. The Morgan fingerprint density at radius 3 is 2.89 bits per heavy atom. The quantitative estimate of drug-likeness (QED) is 0.347. The zero-order chi connectivity index (χ0) is 13.4. The van der Waals surface area contributed by atoms with Crippen molar-refractivity contribution < 1.29 is 19.4 Å². The van der Waals surface area contributed by atoms with Crippen molar-refractivity contribution in [1.29, 1.82) is 0 Å². The van der Waals surface area contributed by atoms with Crippen molar-refractivity contribution in [2.75, 3.05) is 20.3 Å². The summed E-state index contributed by atoms with van der Waals surface area (Å²) in [6, 6.07) is 4.37. The summed E-state index contributed by atoms with van der Waals surface area (Å²) in [7, 11) is 1.47. The van der Waals surface area contributed by atoms with Crippen molar-refractivity contribution in [2.24, 2.45) is 5.11 Å². The van der Waals surface area contributed by atoms with Crippen LogP contribution in [0.5, 0.6) is 11.5 Å². The van der Waals surface area contributed by atoms with Gasteiger partial charge in [0.2, 0.25) is 0 Å². The number of methoxy groups -OCH3 is 1. The minimum atomic E-state index is -1.03. The van der Waals surface area contributed by atoms with E-state index in [4.69, 9.17) is 20.1 Å². The van der Waals surface area contributed by atoms with Gasteiger partial charge < -0.3 is 14.6 Å². The highest BCUT2D eigenvalue weighted by Gasteiger charge is 2.09. The molecular formula is C11H13N3O4. The molecule has 0 aliphatic carbocycles. The second kappa shape index (κ2) is 7.03. The molecule has 1 rings (SSSR count). The highest BCUT2D eigenvalue weighted by molar-refractivity contribution is 5.88. The van der Waals surface area contributed by atoms with E-state index in [2.05, 4.69) is 10.0 Å². The van der Waals surface area contributed by atoms with E-state index in [0.29, 0.717) is 31.1 Å². The van der Waals surface area contributed by atoms with Crippen molar-refractivity contribution in [3.63, 3.8) is 0 Å². The standard InChI is InChI=1S/C11H13N3O4/c1-17-9-4-3-8(11(15)16)7-10(9)18-6-2-5-13-14-12/h3-4,7H,2,5-6H2,1H3,(H,15,16). The van der Waals surface area contributed by atoms with Crippen LogP contribution in [0, 0.1) is 0 Å². The molecule has 0 atom stereocenters. The topological polar surface area (TPSA) is 105 Å². The predicted octanol–water partition coefficient (Wildman–Crippen LogP) is 2.47. The Balaban J connectivity index is 2.69. The van der Waals surface area contributed by atoms with E-state index >= 15 is 0 Å². The fourth-order valence-electron chi connectivity index (χ4n) is 1.28.